The third-order valence-corrected chi connectivity index (χ3v) is 4.19. The molecule has 0 unspecified atom stereocenters. The molecule has 2 nitrogen and oxygen atoms in total. The number of rotatable bonds is 4. The molecule has 0 radical (unpaired) electrons. The maximum atomic E-state index is 14.1. The molecule has 0 bridgehead atoms. The largest absolute Gasteiger partial charge is 0.264 e. The molecule has 0 saturated heterocycles. The maximum Gasteiger partial charge on any atom is 0.166 e. The lowest BCUT2D eigenvalue weighted by Crippen LogP contribution is -2.00. The Kier molecular flexibility index (Phi) is 5.03. The third-order valence-electron chi connectivity index (χ3n) is 4.19. The van der Waals surface area contributed by atoms with Gasteiger partial charge in [0.1, 0.15) is 0 Å². The van der Waals surface area contributed by atoms with Crippen molar-refractivity contribution in [3.63, 3.8) is 0 Å². The van der Waals surface area contributed by atoms with Gasteiger partial charge in [-0.1, -0.05) is 30.8 Å². The summed E-state index contributed by atoms with van der Waals surface area (Å²) in [6, 6.07) is 13.4. The van der Waals surface area contributed by atoms with Crippen LogP contribution in [-0.2, 0) is 0 Å². The van der Waals surface area contributed by atoms with Gasteiger partial charge in [0, 0.05) is 29.2 Å². The maximum absolute atomic E-state index is 14.1. The zero-order valence-corrected chi connectivity index (χ0v) is 14.6. The number of aryl methyl sites for hydroxylation is 1. The van der Waals surface area contributed by atoms with Gasteiger partial charge in [0.25, 0.3) is 0 Å². The van der Waals surface area contributed by atoms with Crippen LogP contribution in [0.2, 0.25) is 0 Å². The van der Waals surface area contributed by atoms with E-state index in [1.807, 2.05) is 38.1 Å². The van der Waals surface area contributed by atoms with Gasteiger partial charge in [-0.05, 0) is 54.8 Å². The molecule has 4 heteroatoms. The van der Waals surface area contributed by atoms with Crippen molar-refractivity contribution in [1.29, 1.82) is 0 Å². The molecule has 1 heterocycles. The van der Waals surface area contributed by atoms with Gasteiger partial charge in [-0.15, -0.1) is 0 Å². The summed E-state index contributed by atoms with van der Waals surface area (Å²) in [6.45, 7) is 7.81. The van der Waals surface area contributed by atoms with E-state index in [0.29, 0.717) is 11.3 Å². The molecule has 3 aromatic rings. The van der Waals surface area contributed by atoms with E-state index in [1.165, 1.54) is 6.07 Å². The van der Waals surface area contributed by atoms with Gasteiger partial charge in [0.2, 0.25) is 0 Å². The molecule has 0 N–H and O–H groups in total. The van der Waals surface area contributed by atoms with Crippen LogP contribution in [0, 0.1) is 18.6 Å². The molecule has 26 heavy (non-hydrogen) atoms. The number of hydrogen-bond donors (Lipinski definition) is 0. The SMILES string of the molecule is C=C(N=C(C)c1cc(-c2cccc(F)c2F)ccc1C)c1cccnc1. The van der Waals surface area contributed by atoms with Crippen LogP contribution in [0.3, 0.4) is 0 Å². The average Bonchev–Trinajstić information content (AvgIpc) is 2.65. The van der Waals surface area contributed by atoms with E-state index in [9.17, 15) is 8.78 Å². The number of aliphatic imine (C=N–C) groups is 1. The van der Waals surface area contributed by atoms with Crippen molar-refractivity contribution in [2.24, 2.45) is 4.99 Å². The Morgan fingerprint density at radius 2 is 1.88 bits per heavy atom. The van der Waals surface area contributed by atoms with Crippen molar-refractivity contribution < 1.29 is 8.78 Å². The van der Waals surface area contributed by atoms with E-state index >= 15 is 0 Å². The topological polar surface area (TPSA) is 25.2 Å². The summed E-state index contributed by atoms with van der Waals surface area (Å²) in [4.78, 5) is 8.64. The Hall–Kier alpha value is -3.14. The van der Waals surface area contributed by atoms with Crippen LogP contribution in [-0.4, -0.2) is 10.7 Å². The molecule has 0 aliphatic rings. The van der Waals surface area contributed by atoms with Crippen molar-refractivity contribution in [2.75, 3.05) is 0 Å². The minimum Gasteiger partial charge on any atom is -0.264 e. The van der Waals surface area contributed by atoms with Gasteiger partial charge in [0.15, 0.2) is 11.6 Å². The van der Waals surface area contributed by atoms with Gasteiger partial charge in [-0.2, -0.15) is 0 Å². The predicted octanol–water partition coefficient (Wildman–Crippen LogP) is 5.82. The quantitative estimate of drug-likeness (QED) is 0.546. The van der Waals surface area contributed by atoms with E-state index in [0.717, 1.165) is 28.5 Å². The molecule has 0 amide bonds. The number of nitrogens with zero attached hydrogens (tertiary/aromatic N) is 2. The Morgan fingerprint density at radius 3 is 2.62 bits per heavy atom. The Bertz CT molecular complexity index is 992. The molecule has 0 fully saturated rings. The van der Waals surface area contributed by atoms with Crippen molar-refractivity contribution in [3.05, 3.63) is 95.8 Å². The predicted molar refractivity (Wildman–Crippen MR) is 102 cm³/mol. The second-order valence-corrected chi connectivity index (χ2v) is 6.02. The van der Waals surface area contributed by atoms with Gasteiger partial charge in [-0.3, -0.25) is 9.98 Å². The minimum absolute atomic E-state index is 0.227. The smallest absolute Gasteiger partial charge is 0.166 e. The lowest BCUT2D eigenvalue weighted by molar-refractivity contribution is 0.511. The van der Waals surface area contributed by atoms with E-state index in [-0.39, 0.29) is 5.56 Å². The monoisotopic (exact) mass is 348 g/mol. The van der Waals surface area contributed by atoms with E-state index in [2.05, 4.69) is 16.6 Å². The van der Waals surface area contributed by atoms with Gasteiger partial charge in [-0.25, -0.2) is 8.78 Å². The second-order valence-electron chi connectivity index (χ2n) is 6.02. The first-order valence-corrected chi connectivity index (χ1v) is 8.17. The summed E-state index contributed by atoms with van der Waals surface area (Å²) in [7, 11) is 0. The lowest BCUT2D eigenvalue weighted by Gasteiger charge is -2.11. The Balaban J connectivity index is 2.01. The van der Waals surface area contributed by atoms with Crippen LogP contribution in [0.15, 0.2) is 72.5 Å². The number of aromatic nitrogens is 1. The summed E-state index contributed by atoms with van der Waals surface area (Å²) in [5, 5.41) is 0. The van der Waals surface area contributed by atoms with Crippen LogP contribution in [0.5, 0.6) is 0 Å². The van der Waals surface area contributed by atoms with E-state index < -0.39 is 11.6 Å². The zero-order valence-electron chi connectivity index (χ0n) is 14.6. The molecule has 1 aromatic heterocycles. The Morgan fingerprint density at radius 1 is 1.08 bits per heavy atom. The zero-order chi connectivity index (χ0) is 18.7. The first kappa shape index (κ1) is 17.7. The van der Waals surface area contributed by atoms with Gasteiger partial charge >= 0.3 is 0 Å². The van der Waals surface area contributed by atoms with Crippen LogP contribution in [0.1, 0.15) is 23.6 Å². The Labute approximate surface area is 151 Å². The molecule has 130 valence electrons. The fraction of sp³-hybridized carbons (Fsp3) is 0.0909. The second kappa shape index (κ2) is 7.40. The fourth-order valence-electron chi connectivity index (χ4n) is 2.77. The number of benzene rings is 2. The van der Waals surface area contributed by atoms with Crippen molar-refractivity contribution in [3.8, 4) is 11.1 Å². The third kappa shape index (κ3) is 3.59. The summed E-state index contributed by atoms with van der Waals surface area (Å²) < 4.78 is 27.7. The fourth-order valence-corrected chi connectivity index (χ4v) is 2.77. The number of hydrogen-bond acceptors (Lipinski definition) is 2. The minimum atomic E-state index is -0.861. The van der Waals surface area contributed by atoms with Crippen LogP contribution < -0.4 is 0 Å². The van der Waals surface area contributed by atoms with Crippen LogP contribution in [0.25, 0.3) is 16.8 Å². The molecular formula is C22H18F2N2. The summed E-state index contributed by atoms with van der Waals surface area (Å²) in [5.41, 5.74) is 4.85. The highest BCUT2D eigenvalue weighted by Crippen LogP contribution is 2.27. The molecule has 3 rings (SSSR count). The normalized spacial score (nSPS) is 11.5. The molecule has 0 aliphatic carbocycles. The van der Waals surface area contributed by atoms with Gasteiger partial charge in [0.05, 0.1) is 5.70 Å². The lowest BCUT2D eigenvalue weighted by atomic mass is 9.97. The van der Waals surface area contributed by atoms with Crippen molar-refractivity contribution in [2.45, 2.75) is 13.8 Å². The molecule has 2 aromatic carbocycles. The summed E-state index contributed by atoms with van der Waals surface area (Å²) in [6.07, 6.45) is 3.39. The molecule has 0 spiro atoms. The highest BCUT2D eigenvalue weighted by molar-refractivity contribution is 6.03. The molecule has 0 saturated carbocycles. The van der Waals surface area contributed by atoms with Crippen molar-refractivity contribution in [1.82, 2.24) is 4.98 Å². The average molecular weight is 348 g/mol. The highest BCUT2D eigenvalue weighted by Gasteiger charge is 2.12. The number of pyridine rings is 1. The summed E-state index contributed by atoms with van der Waals surface area (Å²) in [5.74, 6) is -1.71. The molecule has 0 aliphatic heterocycles. The van der Waals surface area contributed by atoms with Gasteiger partial charge < -0.3 is 0 Å². The van der Waals surface area contributed by atoms with E-state index in [1.54, 1.807) is 24.5 Å². The standard InChI is InChI=1S/C22H18F2N2/c1-14-9-10-17(19-7-4-8-21(23)22(19)24)12-20(14)16(3)26-15(2)18-6-5-11-25-13-18/h4-13H,2H2,1,3H3. The highest BCUT2D eigenvalue weighted by atomic mass is 19.2. The van der Waals surface area contributed by atoms with E-state index in [4.69, 9.17) is 0 Å². The van der Waals surface area contributed by atoms with Crippen LogP contribution in [0.4, 0.5) is 8.78 Å². The number of halogens is 2. The van der Waals surface area contributed by atoms with Crippen LogP contribution >= 0.6 is 0 Å². The summed E-state index contributed by atoms with van der Waals surface area (Å²) >= 11 is 0. The first-order valence-electron chi connectivity index (χ1n) is 8.17. The molecular weight excluding hydrogens is 330 g/mol. The van der Waals surface area contributed by atoms with Crippen molar-refractivity contribution >= 4 is 11.4 Å². The molecule has 0 atom stereocenters. The first-order chi connectivity index (χ1) is 12.5.